The average Bonchev–Trinajstić information content (AvgIpc) is 1.69. The monoisotopic (exact) mass is 133 g/mol. The van der Waals surface area contributed by atoms with Crippen LogP contribution in [0.2, 0.25) is 12.1 Å². The van der Waals surface area contributed by atoms with Gasteiger partial charge in [-0.15, -0.1) is 0 Å². The summed E-state index contributed by atoms with van der Waals surface area (Å²) in [5.41, 5.74) is 0. The van der Waals surface area contributed by atoms with Gasteiger partial charge in [0.05, 0.1) is 0 Å². The van der Waals surface area contributed by atoms with E-state index in [-0.39, 0.29) is 5.48 Å². The Balaban J connectivity index is 0.000000490. The summed E-state index contributed by atoms with van der Waals surface area (Å²) in [7, 11) is -0.595. The predicted molar refractivity (Wildman–Crippen MR) is 38.4 cm³/mol. The highest BCUT2D eigenvalue weighted by Gasteiger charge is 2.08. The van der Waals surface area contributed by atoms with Crippen molar-refractivity contribution in [2.75, 3.05) is 0 Å². The van der Waals surface area contributed by atoms with Crippen LogP contribution in [0.15, 0.2) is 0 Å². The molecule has 0 bridgehead atoms. The summed E-state index contributed by atoms with van der Waals surface area (Å²) in [6.45, 7) is 0. The first kappa shape index (κ1) is 8.14. The Hall–Kier alpha value is 0.137. The van der Waals surface area contributed by atoms with E-state index in [9.17, 15) is 0 Å². The molecule has 0 aliphatic carbocycles. The first-order valence-corrected chi connectivity index (χ1v) is 5.45. The minimum absolute atomic E-state index is 0. The van der Waals surface area contributed by atoms with Crippen LogP contribution < -0.4 is 5.40 Å². The van der Waals surface area contributed by atoms with Crippen LogP contribution in [0, 0.1) is 0 Å². The van der Waals surface area contributed by atoms with Crippen LogP contribution in [-0.4, -0.2) is 14.4 Å². The van der Waals surface area contributed by atoms with Crippen molar-refractivity contribution in [2.24, 2.45) is 5.40 Å². The highest BCUT2D eigenvalue weighted by molar-refractivity contribution is 6.55. The first-order chi connectivity index (χ1) is 3.39. The molecule has 2 nitrogen and oxygen atoms in total. The van der Waals surface area contributed by atoms with Gasteiger partial charge in [0, 0.05) is 0 Å². The summed E-state index contributed by atoms with van der Waals surface area (Å²) in [5, 5.41) is 5.77. The molecule has 0 unspecified atom stereocenters. The largest absolute Gasteiger partial charge is 0.412 e. The molecule has 0 aromatic carbocycles. The minimum Gasteiger partial charge on any atom is -0.412 e. The quantitative estimate of drug-likeness (QED) is 0.466. The second-order valence-electron chi connectivity index (χ2n) is 2.40. The van der Waals surface area contributed by atoms with E-state index < -0.39 is 8.96 Å². The maximum atomic E-state index is 5.77. The lowest BCUT2D eigenvalue weighted by Gasteiger charge is -2.13. The fourth-order valence-electron chi connectivity index (χ4n) is 1.13. The maximum Gasteiger partial charge on any atom is 0.106 e. The third-order valence-electron chi connectivity index (χ3n) is 1.65. The van der Waals surface area contributed by atoms with Crippen molar-refractivity contribution in [3.63, 3.8) is 0 Å². The Bertz CT molecular complexity index is 54.4. The van der Waals surface area contributed by atoms with E-state index in [1.807, 2.05) is 0 Å². The van der Waals surface area contributed by atoms with Crippen LogP contribution in [0.1, 0.15) is 19.3 Å². The zero-order valence-corrected chi connectivity index (χ0v) is 6.34. The van der Waals surface area contributed by atoms with E-state index in [0.717, 1.165) is 0 Å². The second kappa shape index (κ2) is 4.06. The standard InChI is InChI=1S/C5H13NSi.H2O/c6-7-4-2-1-3-5-7;/h7H,1-6H2;1H2. The number of hydrogen-bond donors (Lipinski definition) is 1. The average molecular weight is 133 g/mol. The lowest BCUT2D eigenvalue weighted by atomic mass is 10.3. The fourth-order valence-corrected chi connectivity index (χ4v) is 3.05. The molecule has 1 aliphatic heterocycles. The van der Waals surface area contributed by atoms with Crippen LogP contribution in [0.5, 0.6) is 0 Å². The first-order valence-electron chi connectivity index (χ1n) is 3.15. The minimum atomic E-state index is -0.595. The van der Waals surface area contributed by atoms with Crippen LogP contribution in [0.4, 0.5) is 0 Å². The SMILES string of the molecule is N[SiH]1CCCCC1.O. The molecule has 4 N–H and O–H groups in total. The molecule has 0 spiro atoms. The van der Waals surface area contributed by atoms with Crippen molar-refractivity contribution in [3.05, 3.63) is 0 Å². The topological polar surface area (TPSA) is 57.5 Å². The number of hydrogen-bond acceptors (Lipinski definition) is 1. The van der Waals surface area contributed by atoms with E-state index in [4.69, 9.17) is 5.40 Å². The lowest BCUT2D eigenvalue weighted by Crippen LogP contribution is -2.26. The van der Waals surface area contributed by atoms with Gasteiger partial charge in [-0.2, -0.15) is 0 Å². The van der Waals surface area contributed by atoms with Gasteiger partial charge >= 0.3 is 0 Å². The Morgan fingerprint density at radius 2 is 1.50 bits per heavy atom. The Labute approximate surface area is 52.1 Å². The molecule has 0 amide bonds. The Morgan fingerprint density at radius 3 is 1.75 bits per heavy atom. The molecule has 0 aromatic rings. The van der Waals surface area contributed by atoms with E-state index in [0.29, 0.717) is 0 Å². The molecule has 1 fully saturated rings. The molecule has 0 saturated carbocycles. The van der Waals surface area contributed by atoms with Gasteiger partial charge in [-0.05, 0) is 12.1 Å². The van der Waals surface area contributed by atoms with Crippen molar-refractivity contribution in [3.8, 4) is 0 Å². The van der Waals surface area contributed by atoms with Gasteiger partial charge in [0.15, 0.2) is 0 Å². The predicted octanol–water partition coefficient (Wildman–Crippen LogP) is 0.0281. The van der Waals surface area contributed by atoms with Gasteiger partial charge in [-0.1, -0.05) is 19.3 Å². The lowest BCUT2D eigenvalue weighted by molar-refractivity contribution is 0.722. The van der Waals surface area contributed by atoms with Gasteiger partial charge in [0.2, 0.25) is 0 Å². The van der Waals surface area contributed by atoms with Gasteiger partial charge in [-0.3, -0.25) is 0 Å². The molecule has 0 aromatic heterocycles. The molecule has 1 saturated heterocycles. The summed E-state index contributed by atoms with van der Waals surface area (Å²) in [6.07, 6.45) is 4.29. The van der Waals surface area contributed by atoms with E-state index in [2.05, 4.69) is 0 Å². The van der Waals surface area contributed by atoms with Gasteiger partial charge < -0.3 is 10.9 Å². The number of rotatable bonds is 0. The van der Waals surface area contributed by atoms with Gasteiger partial charge in [-0.25, -0.2) is 0 Å². The van der Waals surface area contributed by atoms with Gasteiger partial charge in [0.25, 0.3) is 0 Å². The zero-order valence-electron chi connectivity index (χ0n) is 5.19. The molecule has 3 heteroatoms. The summed E-state index contributed by atoms with van der Waals surface area (Å²) >= 11 is 0. The Morgan fingerprint density at radius 1 is 1.00 bits per heavy atom. The van der Waals surface area contributed by atoms with E-state index in [1.54, 1.807) is 0 Å². The molecule has 1 rings (SSSR count). The third kappa shape index (κ3) is 2.45. The van der Waals surface area contributed by atoms with Gasteiger partial charge in [0.1, 0.15) is 8.96 Å². The zero-order chi connectivity index (χ0) is 5.11. The smallest absolute Gasteiger partial charge is 0.106 e. The van der Waals surface area contributed by atoms with Crippen LogP contribution in [0.25, 0.3) is 0 Å². The molecule has 50 valence electrons. The second-order valence-corrected chi connectivity index (χ2v) is 5.07. The molecular formula is C5H15NOSi. The van der Waals surface area contributed by atoms with Crippen LogP contribution in [-0.2, 0) is 0 Å². The normalized spacial score (nSPS) is 22.1. The summed E-state index contributed by atoms with van der Waals surface area (Å²) in [4.78, 5) is 0. The van der Waals surface area contributed by atoms with Crippen molar-refractivity contribution < 1.29 is 5.48 Å². The van der Waals surface area contributed by atoms with Crippen LogP contribution in [0.3, 0.4) is 0 Å². The summed E-state index contributed by atoms with van der Waals surface area (Å²) in [6, 6.07) is 2.81. The third-order valence-corrected chi connectivity index (χ3v) is 3.95. The highest BCUT2D eigenvalue weighted by Crippen LogP contribution is 2.14. The van der Waals surface area contributed by atoms with Crippen LogP contribution >= 0.6 is 0 Å². The summed E-state index contributed by atoms with van der Waals surface area (Å²) < 4.78 is 0. The van der Waals surface area contributed by atoms with E-state index in [1.165, 1.54) is 31.4 Å². The van der Waals surface area contributed by atoms with Crippen molar-refractivity contribution >= 4 is 8.96 Å². The number of nitrogens with two attached hydrogens (primary N) is 1. The molecule has 1 heterocycles. The molecule has 8 heavy (non-hydrogen) atoms. The van der Waals surface area contributed by atoms with E-state index >= 15 is 0 Å². The maximum absolute atomic E-state index is 5.77. The molecule has 0 radical (unpaired) electrons. The van der Waals surface area contributed by atoms with Crippen molar-refractivity contribution in [1.29, 1.82) is 0 Å². The highest BCUT2D eigenvalue weighted by atomic mass is 28.3. The molecule has 1 aliphatic rings. The Kier molecular flexibility index (Phi) is 4.13. The summed E-state index contributed by atoms with van der Waals surface area (Å²) in [5.74, 6) is 0. The molecular weight excluding hydrogens is 118 g/mol. The fraction of sp³-hybridized carbons (Fsp3) is 1.00. The van der Waals surface area contributed by atoms with Crippen molar-refractivity contribution in [1.82, 2.24) is 0 Å². The van der Waals surface area contributed by atoms with Crippen molar-refractivity contribution in [2.45, 2.75) is 31.4 Å². The molecule has 0 atom stereocenters.